The van der Waals surface area contributed by atoms with Crippen molar-refractivity contribution in [3.05, 3.63) is 24.2 Å². The molecule has 4 rings (SSSR count). The lowest BCUT2D eigenvalue weighted by Crippen LogP contribution is -2.21. The molecular weight excluding hydrogens is 202 g/mol. The molecule has 16 heavy (non-hydrogen) atoms. The Hall–Kier alpha value is -1.42. The summed E-state index contributed by atoms with van der Waals surface area (Å²) in [5.41, 5.74) is 1.54. The number of fused-ring (bicyclic) bond motifs is 3. The van der Waals surface area contributed by atoms with E-state index < -0.39 is 0 Å². The van der Waals surface area contributed by atoms with Gasteiger partial charge in [0.2, 0.25) is 5.89 Å². The van der Waals surface area contributed by atoms with Crippen LogP contribution in [0.3, 0.4) is 0 Å². The van der Waals surface area contributed by atoms with E-state index in [1.54, 1.807) is 6.20 Å². The van der Waals surface area contributed by atoms with Crippen LogP contribution in [-0.2, 0) is 0 Å². The summed E-state index contributed by atoms with van der Waals surface area (Å²) in [5, 5.41) is 3.60. The van der Waals surface area contributed by atoms with Crippen molar-refractivity contribution >= 4 is 11.2 Å². The number of hydrogen-bond acceptors (Lipinski definition) is 4. The molecule has 4 nitrogen and oxygen atoms in total. The Bertz CT molecular complexity index is 503. The maximum atomic E-state index is 5.79. The molecule has 82 valence electrons. The maximum absolute atomic E-state index is 5.79. The number of aromatic nitrogens is 2. The van der Waals surface area contributed by atoms with Crippen molar-refractivity contribution in [3.63, 3.8) is 0 Å². The van der Waals surface area contributed by atoms with Crippen molar-refractivity contribution in [2.24, 2.45) is 0 Å². The minimum Gasteiger partial charge on any atom is -0.439 e. The van der Waals surface area contributed by atoms with Crippen LogP contribution in [0.25, 0.3) is 11.2 Å². The van der Waals surface area contributed by atoms with Crippen molar-refractivity contribution in [1.82, 2.24) is 15.3 Å². The summed E-state index contributed by atoms with van der Waals surface area (Å²) >= 11 is 0. The van der Waals surface area contributed by atoms with Gasteiger partial charge in [-0.25, -0.2) is 4.98 Å². The lowest BCUT2D eigenvalue weighted by atomic mass is 9.89. The first-order chi connectivity index (χ1) is 7.90. The SMILES string of the molecule is c1cnc2nc(C3CC4CCC3N4)oc2c1. The Balaban J connectivity index is 1.76. The Morgan fingerprint density at radius 1 is 1.38 bits per heavy atom. The summed E-state index contributed by atoms with van der Waals surface area (Å²) in [5.74, 6) is 1.32. The van der Waals surface area contributed by atoms with Crippen LogP contribution in [0.15, 0.2) is 22.7 Å². The van der Waals surface area contributed by atoms with Crippen molar-refractivity contribution < 1.29 is 4.42 Å². The summed E-state index contributed by atoms with van der Waals surface area (Å²) in [6.45, 7) is 0. The molecule has 0 spiro atoms. The fourth-order valence-corrected chi connectivity index (χ4v) is 3.04. The molecule has 0 saturated carbocycles. The molecule has 0 radical (unpaired) electrons. The van der Waals surface area contributed by atoms with Crippen LogP contribution in [-0.4, -0.2) is 22.1 Å². The Kier molecular flexibility index (Phi) is 1.65. The minimum atomic E-state index is 0.452. The van der Waals surface area contributed by atoms with Gasteiger partial charge in [-0.05, 0) is 31.4 Å². The summed E-state index contributed by atoms with van der Waals surface area (Å²) < 4.78 is 5.79. The molecule has 0 aromatic carbocycles. The molecule has 2 aromatic rings. The predicted octanol–water partition coefficient (Wildman–Crippen LogP) is 1.83. The summed E-state index contributed by atoms with van der Waals surface area (Å²) in [6, 6.07) is 5.06. The second-order valence-electron chi connectivity index (χ2n) is 4.77. The second kappa shape index (κ2) is 3.04. The molecule has 2 saturated heterocycles. The van der Waals surface area contributed by atoms with E-state index in [0.29, 0.717) is 18.0 Å². The van der Waals surface area contributed by atoms with Gasteiger partial charge in [0.15, 0.2) is 11.2 Å². The third-order valence-corrected chi connectivity index (χ3v) is 3.80. The molecule has 2 aliphatic heterocycles. The summed E-state index contributed by atoms with van der Waals surface area (Å²) in [7, 11) is 0. The van der Waals surface area contributed by atoms with Crippen LogP contribution in [0.5, 0.6) is 0 Å². The van der Waals surface area contributed by atoms with E-state index in [1.807, 2.05) is 12.1 Å². The van der Waals surface area contributed by atoms with Gasteiger partial charge in [0.25, 0.3) is 0 Å². The van der Waals surface area contributed by atoms with Gasteiger partial charge in [0.1, 0.15) is 0 Å². The van der Waals surface area contributed by atoms with Crippen molar-refractivity contribution in [2.45, 2.75) is 37.3 Å². The standard InChI is InChI=1S/C12H13N3O/c1-2-10-11(13-5-1)15-12(16-10)8-6-7-3-4-9(8)14-7/h1-2,5,7-9,14H,3-4,6H2. The van der Waals surface area contributed by atoms with E-state index in [1.165, 1.54) is 12.8 Å². The van der Waals surface area contributed by atoms with E-state index in [-0.39, 0.29) is 0 Å². The normalized spacial score (nSPS) is 32.6. The first-order valence-electron chi connectivity index (χ1n) is 5.87. The van der Waals surface area contributed by atoms with Crippen molar-refractivity contribution in [1.29, 1.82) is 0 Å². The molecule has 3 atom stereocenters. The zero-order valence-corrected chi connectivity index (χ0v) is 8.89. The van der Waals surface area contributed by atoms with Gasteiger partial charge in [-0.2, -0.15) is 4.98 Å². The molecule has 2 bridgehead atoms. The number of rotatable bonds is 1. The monoisotopic (exact) mass is 215 g/mol. The highest BCUT2D eigenvalue weighted by atomic mass is 16.3. The highest BCUT2D eigenvalue weighted by Crippen LogP contribution is 2.40. The lowest BCUT2D eigenvalue weighted by Gasteiger charge is -2.15. The lowest BCUT2D eigenvalue weighted by molar-refractivity contribution is 0.408. The molecule has 0 aliphatic carbocycles. The van der Waals surface area contributed by atoms with Crippen LogP contribution >= 0.6 is 0 Å². The van der Waals surface area contributed by atoms with E-state index >= 15 is 0 Å². The van der Waals surface area contributed by atoms with Gasteiger partial charge < -0.3 is 9.73 Å². The highest BCUT2D eigenvalue weighted by molar-refractivity contribution is 5.67. The molecule has 2 aliphatic rings. The fraction of sp³-hybridized carbons (Fsp3) is 0.500. The fourth-order valence-electron chi connectivity index (χ4n) is 3.04. The van der Waals surface area contributed by atoms with Gasteiger partial charge in [-0.1, -0.05) is 0 Å². The van der Waals surface area contributed by atoms with Crippen LogP contribution in [0.2, 0.25) is 0 Å². The van der Waals surface area contributed by atoms with E-state index in [2.05, 4.69) is 15.3 Å². The third-order valence-electron chi connectivity index (χ3n) is 3.80. The van der Waals surface area contributed by atoms with Gasteiger partial charge in [0, 0.05) is 18.3 Å². The average molecular weight is 215 g/mol. The number of pyridine rings is 1. The quantitative estimate of drug-likeness (QED) is 0.788. The minimum absolute atomic E-state index is 0.452. The smallest absolute Gasteiger partial charge is 0.201 e. The van der Waals surface area contributed by atoms with Gasteiger partial charge >= 0.3 is 0 Å². The number of oxazole rings is 1. The average Bonchev–Trinajstić information content (AvgIpc) is 3.02. The highest BCUT2D eigenvalue weighted by Gasteiger charge is 2.42. The molecule has 3 unspecified atom stereocenters. The van der Waals surface area contributed by atoms with Crippen LogP contribution in [0.1, 0.15) is 31.1 Å². The molecule has 2 fully saturated rings. The van der Waals surface area contributed by atoms with E-state index in [4.69, 9.17) is 4.42 Å². The van der Waals surface area contributed by atoms with Gasteiger partial charge in [0.05, 0.1) is 5.92 Å². The zero-order valence-electron chi connectivity index (χ0n) is 8.89. The van der Waals surface area contributed by atoms with Crippen LogP contribution in [0, 0.1) is 0 Å². The third kappa shape index (κ3) is 1.13. The largest absolute Gasteiger partial charge is 0.439 e. The first kappa shape index (κ1) is 8.70. The molecular formula is C12H13N3O. The molecule has 4 heteroatoms. The summed E-state index contributed by atoms with van der Waals surface area (Å²) in [6.07, 6.45) is 5.48. The Labute approximate surface area is 93.1 Å². The number of nitrogens with zero attached hydrogens (tertiary/aromatic N) is 2. The topological polar surface area (TPSA) is 51.0 Å². The van der Waals surface area contributed by atoms with E-state index in [9.17, 15) is 0 Å². The second-order valence-corrected chi connectivity index (χ2v) is 4.77. The van der Waals surface area contributed by atoms with Crippen LogP contribution in [0.4, 0.5) is 0 Å². The Morgan fingerprint density at radius 3 is 3.12 bits per heavy atom. The predicted molar refractivity (Wildman–Crippen MR) is 59.1 cm³/mol. The molecule has 2 aromatic heterocycles. The van der Waals surface area contributed by atoms with Gasteiger partial charge in [-0.3, -0.25) is 0 Å². The van der Waals surface area contributed by atoms with Gasteiger partial charge in [-0.15, -0.1) is 0 Å². The van der Waals surface area contributed by atoms with E-state index in [0.717, 1.165) is 23.5 Å². The molecule has 1 N–H and O–H groups in total. The van der Waals surface area contributed by atoms with Crippen molar-refractivity contribution in [2.75, 3.05) is 0 Å². The number of nitrogens with one attached hydrogen (secondary N) is 1. The number of hydrogen-bond donors (Lipinski definition) is 1. The molecule has 0 amide bonds. The molecule has 4 heterocycles. The first-order valence-corrected chi connectivity index (χ1v) is 5.87. The van der Waals surface area contributed by atoms with Crippen LogP contribution < -0.4 is 5.32 Å². The maximum Gasteiger partial charge on any atom is 0.201 e. The summed E-state index contributed by atoms with van der Waals surface area (Å²) in [4.78, 5) is 8.71. The Morgan fingerprint density at radius 2 is 2.38 bits per heavy atom. The zero-order chi connectivity index (χ0) is 10.5. The van der Waals surface area contributed by atoms with Crippen molar-refractivity contribution in [3.8, 4) is 0 Å².